The summed E-state index contributed by atoms with van der Waals surface area (Å²) in [7, 11) is 0. The first-order chi connectivity index (χ1) is 12.0. The standard InChI is InChI=1S/C17H21ClN4O2S/c1-11-13(3-6-16(19-11)22-7-9-24-10-8-22)21-17(23)20-12(2)14-4-5-15(18)25-14/h3-6,12H,7-10H2,1-2H3,(H2,20,21,23). The lowest BCUT2D eigenvalue weighted by Crippen LogP contribution is -2.37. The SMILES string of the molecule is Cc1nc(N2CCOCC2)ccc1NC(=O)NC(C)c1ccc(Cl)s1. The van der Waals surface area contributed by atoms with E-state index in [1.165, 1.54) is 11.3 Å². The van der Waals surface area contributed by atoms with Crippen molar-refractivity contribution in [2.45, 2.75) is 19.9 Å². The van der Waals surface area contributed by atoms with Crippen molar-refractivity contribution in [1.82, 2.24) is 10.3 Å². The molecule has 0 spiro atoms. The smallest absolute Gasteiger partial charge is 0.319 e. The lowest BCUT2D eigenvalue weighted by Gasteiger charge is -2.28. The number of nitrogens with one attached hydrogen (secondary N) is 2. The van der Waals surface area contributed by atoms with E-state index in [0.29, 0.717) is 23.2 Å². The summed E-state index contributed by atoms with van der Waals surface area (Å²) in [4.78, 5) is 20.0. The van der Waals surface area contributed by atoms with Crippen molar-refractivity contribution >= 4 is 40.5 Å². The lowest BCUT2D eigenvalue weighted by atomic mass is 10.2. The highest BCUT2D eigenvalue weighted by atomic mass is 35.5. The summed E-state index contributed by atoms with van der Waals surface area (Å²) in [6.07, 6.45) is 0. The second-order valence-corrected chi connectivity index (χ2v) is 7.61. The number of halogens is 1. The zero-order chi connectivity index (χ0) is 17.8. The van der Waals surface area contributed by atoms with E-state index < -0.39 is 0 Å². The van der Waals surface area contributed by atoms with Crippen LogP contribution < -0.4 is 15.5 Å². The topological polar surface area (TPSA) is 66.5 Å². The third-order valence-electron chi connectivity index (χ3n) is 4.02. The number of aromatic nitrogens is 1. The Morgan fingerprint density at radius 2 is 2.08 bits per heavy atom. The number of thiophene rings is 1. The molecular weight excluding hydrogens is 360 g/mol. The quantitative estimate of drug-likeness (QED) is 0.846. The number of ether oxygens (including phenoxy) is 1. The Morgan fingerprint density at radius 3 is 2.72 bits per heavy atom. The Labute approximate surface area is 156 Å². The summed E-state index contributed by atoms with van der Waals surface area (Å²) in [5, 5.41) is 5.77. The van der Waals surface area contributed by atoms with Crippen molar-refractivity contribution in [2.75, 3.05) is 36.5 Å². The van der Waals surface area contributed by atoms with Crippen LogP contribution in [-0.4, -0.2) is 37.3 Å². The van der Waals surface area contributed by atoms with Gasteiger partial charge in [0.15, 0.2) is 0 Å². The zero-order valence-corrected chi connectivity index (χ0v) is 15.8. The second kappa shape index (κ2) is 8.03. The van der Waals surface area contributed by atoms with E-state index >= 15 is 0 Å². The van der Waals surface area contributed by atoms with Crippen LogP contribution in [-0.2, 0) is 4.74 Å². The minimum Gasteiger partial charge on any atom is -0.378 e. The van der Waals surface area contributed by atoms with Gasteiger partial charge in [0, 0.05) is 18.0 Å². The van der Waals surface area contributed by atoms with Crippen molar-refractivity contribution in [3.8, 4) is 0 Å². The van der Waals surface area contributed by atoms with E-state index in [1.54, 1.807) is 0 Å². The molecule has 1 saturated heterocycles. The molecular formula is C17H21ClN4O2S. The minimum atomic E-state index is -0.263. The van der Waals surface area contributed by atoms with Crippen LogP contribution in [0.4, 0.5) is 16.3 Å². The first-order valence-electron chi connectivity index (χ1n) is 8.16. The number of amides is 2. The molecule has 1 fully saturated rings. The molecule has 0 bridgehead atoms. The number of carbonyl (C=O) groups excluding carboxylic acids is 1. The van der Waals surface area contributed by atoms with Gasteiger partial charge in [-0.2, -0.15) is 0 Å². The highest BCUT2D eigenvalue weighted by Crippen LogP contribution is 2.26. The number of hydrogen-bond donors (Lipinski definition) is 2. The number of anilines is 2. The van der Waals surface area contributed by atoms with Gasteiger partial charge in [-0.3, -0.25) is 0 Å². The molecule has 134 valence electrons. The maximum Gasteiger partial charge on any atom is 0.319 e. The number of morpholine rings is 1. The van der Waals surface area contributed by atoms with Crippen LogP contribution in [0.15, 0.2) is 24.3 Å². The number of aryl methyl sites for hydroxylation is 1. The number of rotatable bonds is 4. The van der Waals surface area contributed by atoms with E-state index in [0.717, 1.165) is 29.5 Å². The predicted molar refractivity (Wildman–Crippen MR) is 102 cm³/mol. The summed E-state index contributed by atoms with van der Waals surface area (Å²) >= 11 is 7.40. The summed E-state index contributed by atoms with van der Waals surface area (Å²) in [5.74, 6) is 0.911. The maximum atomic E-state index is 12.2. The van der Waals surface area contributed by atoms with E-state index in [-0.39, 0.29) is 12.1 Å². The fourth-order valence-corrected chi connectivity index (χ4v) is 3.70. The van der Waals surface area contributed by atoms with Gasteiger partial charge in [-0.15, -0.1) is 11.3 Å². The average Bonchev–Trinajstić information content (AvgIpc) is 3.04. The van der Waals surface area contributed by atoms with Gasteiger partial charge in [-0.1, -0.05) is 11.6 Å². The maximum absolute atomic E-state index is 12.2. The molecule has 3 heterocycles. The van der Waals surface area contributed by atoms with E-state index in [9.17, 15) is 4.79 Å². The highest BCUT2D eigenvalue weighted by Gasteiger charge is 2.15. The molecule has 2 amide bonds. The number of carbonyl (C=O) groups is 1. The third kappa shape index (κ3) is 4.62. The van der Waals surface area contributed by atoms with E-state index in [4.69, 9.17) is 16.3 Å². The van der Waals surface area contributed by atoms with E-state index in [1.807, 2.05) is 38.1 Å². The zero-order valence-electron chi connectivity index (χ0n) is 14.2. The minimum absolute atomic E-state index is 0.113. The highest BCUT2D eigenvalue weighted by molar-refractivity contribution is 7.16. The van der Waals surface area contributed by atoms with Crippen LogP contribution >= 0.6 is 22.9 Å². The Kier molecular flexibility index (Phi) is 5.78. The second-order valence-electron chi connectivity index (χ2n) is 5.86. The van der Waals surface area contributed by atoms with Gasteiger partial charge in [0.2, 0.25) is 0 Å². The van der Waals surface area contributed by atoms with E-state index in [2.05, 4.69) is 20.5 Å². The Balaban J connectivity index is 1.61. The summed E-state index contributed by atoms with van der Waals surface area (Å²) < 4.78 is 6.07. The number of nitrogens with zero attached hydrogens (tertiary/aromatic N) is 2. The molecule has 0 aliphatic carbocycles. The summed E-state index contributed by atoms with van der Waals surface area (Å²) in [5.41, 5.74) is 1.48. The van der Waals surface area contributed by atoms with Crippen LogP contribution in [0.5, 0.6) is 0 Å². The molecule has 2 aromatic rings. The predicted octanol–water partition coefficient (Wildman–Crippen LogP) is 3.82. The van der Waals surface area contributed by atoms with Gasteiger partial charge < -0.3 is 20.3 Å². The van der Waals surface area contributed by atoms with Gasteiger partial charge in [0.1, 0.15) is 5.82 Å². The molecule has 0 saturated carbocycles. The van der Waals surface area contributed by atoms with Crippen LogP contribution in [0.3, 0.4) is 0 Å². The largest absolute Gasteiger partial charge is 0.378 e. The van der Waals surface area contributed by atoms with Gasteiger partial charge >= 0.3 is 6.03 Å². The Hall–Kier alpha value is -1.83. The van der Waals surface area contributed by atoms with Gasteiger partial charge in [0.25, 0.3) is 0 Å². The molecule has 6 nitrogen and oxygen atoms in total. The third-order valence-corrected chi connectivity index (χ3v) is 5.44. The van der Waals surface area contributed by atoms with Crippen LogP contribution in [0.25, 0.3) is 0 Å². The van der Waals surface area contributed by atoms with Crippen molar-refractivity contribution in [3.63, 3.8) is 0 Å². The molecule has 2 N–H and O–H groups in total. The fourth-order valence-electron chi connectivity index (χ4n) is 2.64. The van der Waals surface area contributed by atoms with Crippen LogP contribution in [0, 0.1) is 6.92 Å². The van der Waals surface area contributed by atoms with Crippen molar-refractivity contribution in [3.05, 3.63) is 39.2 Å². The van der Waals surface area contributed by atoms with Gasteiger partial charge in [-0.25, -0.2) is 9.78 Å². The van der Waals surface area contributed by atoms with Crippen molar-refractivity contribution in [1.29, 1.82) is 0 Å². The average molecular weight is 381 g/mol. The molecule has 1 aliphatic heterocycles. The van der Waals surface area contributed by atoms with Gasteiger partial charge in [-0.05, 0) is 38.1 Å². The molecule has 1 unspecified atom stereocenters. The first kappa shape index (κ1) is 18.0. The molecule has 8 heteroatoms. The molecule has 0 radical (unpaired) electrons. The number of hydrogen-bond acceptors (Lipinski definition) is 5. The van der Waals surface area contributed by atoms with Crippen LogP contribution in [0.2, 0.25) is 4.34 Å². The number of urea groups is 1. The summed E-state index contributed by atoms with van der Waals surface area (Å²) in [6.45, 7) is 6.92. The molecule has 1 atom stereocenters. The normalized spacial score (nSPS) is 15.7. The molecule has 1 aliphatic rings. The number of pyridine rings is 1. The Bertz CT molecular complexity index is 746. The first-order valence-corrected chi connectivity index (χ1v) is 9.35. The Morgan fingerprint density at radius 1 is 1.32 bits per heavy atom. The molecule has 0 aromatic carbocycles. The van der Waals surface area contributed by atoms with Crippen LogP contribution in [0.1, 0.15) is 23.5 Å². The van der Waals surface area contributed by atoms with Gasteiger partial charge in [0.05, 0.1) is 35.0 Å². The van der Waals surface area contributed by atoms with Crippen molar-refractivity contribution in [2.24, 2.45) is 0 Å². The molecule has 2 aromatic heterocycles. The lowest BCUT2D eigenvalue weighted by molar-refractivity contribution is 0.122. The fraction of sp³-hybridized carbons (Fsp3) is 0.412. The monoisotopic (exact) mass is 380 g/mol. The van der Waals surface area contributed by atoms with Crippen molar-refractivity contribution < 1.29 is 9.53 Å². The summed E-state index contributed by atoms with van der Waals surface area (Å²) in [6, 6.07) is 7.19. The molecule has 3 rings (SSSR count). The molecule has 25 heavy (non-hydrogen) atoms.